The van der Waals surface area contributed by atoms with Crippen molar-refractivity contribution in [1.29, 1.82) is 0 Å². The zero-order chi connectivity index (χ0) is 20.8. The molecule has 0 aliphatic carbocycles. The van der Waals surface area contributed by atoms with Crippen molar-refractivity contribution >= 4 is 17.4 Å². The summed E-state index contributed by atoms with van der Waals surface area (Å²) < 4.78 is 10.2. The Morgan fingerprint density at radius 1 is 1.41 bits per heavy atom. The van der Waals surface area contributed by atoms with E-state index in [1.54, 1.807) is 12.1 Å². The van der Waals surface area contributed by atoms with Gasteiger partial charge in [-0.1, -0.05) is 19.4 Å². The van der Waals surface area contributed by atoms with Crippen LogP contribution in [0.1, 0.15) is 36.5 Å². The number of nitrogens with one attached hydrogen (secondary N) is 1. The zero-order valence-electron chi connectivity index (χ0n) is 17.1. The first-order chi connectivity index (χ1) is 14.0. The summed E-state index contributed by atoms with van der Waals surface area (Å²) in [7, 11) is 2.90. The number of rotatable bonds is 4. The van der Waals surface area contributed by atoms with Gasteiger partial charge in [0, 0.05) is 24.8 Å². The molecule has 7 heteroatoms. The van der Waals surface area contributed by atoms with Gasteiger partial charge in [0.15, 0.2) is 5.78 Å². The molecule has 0 saturated carbocycles. The third-order valence-corrected chi connectivity index (χ3v) is 6.94. The highest BCUT2D eigenvalue weighted by atomic mass is 16.5. The van der Waals surface area contributed by atoms with Crippen LogP contribution in [0, 0.1) is 11.8 Å². The summed E-state index contributed by atoms with van der Waals surface area (Å²) >= 11 is 0. The average Bonchev–Trinajstić information content (AvgIpc) is 3.23. The van der Waals surface area contributed by atoms with E-state index in [1.165, 1.54) is 20.5 Å². The highest BCUT2D eigenvalue weighted by Gasteiger charge is 2.59. The molecule has 3 heterocycles. The van der Waals surface area contributed by atoms with Crippen molar-refractivity contribution in [2.45, 2.75) is 37.8 Å². The van der Waals surface area contributed by atoms with Crippen molar-refractivity contribution in [3.63, 3.8) is 0 Å². The Bertz CT molecular complexity index is 867. The average molecular weight is 400 g/mol. The number of aromatic hydroxyl groups is 1. The molecular weight excluding hydrogens is 372 g/mol. The Kier molecular flexibility index (Phi) is 5.02. The number of hydrogen-bond donors (Lipinski definition) is 2. The van der Waals surface area contributed by atoms with Crippen LogP contribution in [0.4, 0.5) is 5.69 Å². The van der Waals surface area contributed by atoms with Gasteiger partial charge in [-0.15, -0.1) is 0 Å². The lowest BCUT2D eigenvalue weighted by Crippen LogP contribution is -2.57. The number of methoxy groups -OCH3 is 2. The second-order valence-corrected chi connectivity index (χ2v) is 8.20. The second-order valence-electron chi connectivity index (χ2n) is 8.20. The van der Waals surface area contributed by atoms with Gasteiger partial charge in [-0.05, 0) is 36.8 Å². The molecule has 2 saturated heterocycles. The van der Waals surface area contributed by atoms with Gasteiger partial charge >= 0.3 is 5.97 Å². The molecule has 4 rings (SSSR count). The molecule has 0 amide bonds. The van der Waals surface area contributed by atoms with Crippen LogP contribution in [0.15, 0.2) is 30.0 Å². The normalized spacial score (nSPS) is 31.3. The van der Waals surface area contributed by atoms with Crippen LogP contribution in [-0.4, -0.2) is 60.6 Å². The molecule has 3 aliphatic rings. The van der Waals surface area contributed by atoms with Gasteiger partial charge in [0.05, 0.1) is 31.6 Å². The number of Topliss-reactive ketones (excluding diaryl/α,β-unsaturated/α-hetero) is 1. The van der Waals surface area contributed by atoms with Crippen LogP contribution in [-0.2, 0) is 14.3 Å². The number of carbonyl (C=O) groups is 2. The predicted octanol–water partition coefficient (Wildman–Crippen LogP) is 2.56. The third-order valence-electron chi connectivity index (χ3n) is 6.94. The molecule has 1 aromatic rings. The van der Waals surface area contributed by atoms with Crippen LogP contribution < -0.4 is 5.32 Å². The summed E-state index contributed by atoms with van der Waals surface area (Å²) in [6.45, 7) is 3.74. The quantitative estimate of drug-likeness (QED) is 0.456. The highest BCUT2D eigenvalue weighted by molar-refractivity contribution is 6.16. The van der Waals surface area contributed by atoms with Gasteiger partial charge in [0.2, 0.25) is 0 Å². The molecule has 4 atom stereocenters. The van der Waals surface area contributed by atoms with Gasteiger partial charge in [-0.3, -0.25) is 9.69 Å². The number of fused-ring (bicyclic) bond motifs is 3. The van der Waals surface area contributed by atoms with Gasteiger partial charge < -0.3 is 19.9 Å². The molecule has 2 N–H and O–H groups in total. The van der Waals surface area contributed by atoms with E-state index in [0.29, 0.717) is 29.7 Å². The predicted molar refractivity (Wildman–Crippen MR) is 108 cm³/mol. The maximum atomic E-state index is 13.5. The van der Waals surface area contributed by atoms with Crippen LogP contribution in [0.5, 0.6) is 5.75 Å². The number of esters is 1. The SMILES string of the molecule is CC[C@@H]1CN2CC[C@]3(Nc4cccc(O)c4C3=O)[C@@H]2C[C@@H]1/C(=C\OC)C(=O)OC. The Hall–Kier alpha value is -2.54. The number of piperidine rings is 1. The second kappa shape index (κ2) is 7.37. The number of nitrogens with zero attached hydrogens (tertiary/aromatic N) is 1. The first kappa shape index (κ1) is 19.8. The lowest BCUT2D eigenvalue weighted by molar-refractivity contribution is -0.137. The fourth-order valence-corrected chi connectivity index (χ4v) is 5.52. The number of ketones is 1. The number of carbonyl (C=O) groups excluding carboxylic acids is 2. The molecule has 3 aliphatic heterocycles. The van der Waals surface area contributed by atoms with E-state index in [0.717, 1.165) is 19.5 Å². The van der Waals surface area contributed by atoms with Crippen molar-refractivity contribution in [2.24, 2.45) is 11.8 Å². The van der Waals surface area contributed by atoms with Crippen molar-refractivity contribution in [1.82, 2.24) is 4.90 Å². The minimum absolute atomic E-state index is 0.0173. The minimum Gasteiger partial charge on any atom is -0.507 e. The van der Waals surface area contributed by atoms with E-state index in [-0.39, 0.29) is 35.4 Å². The number of benzene rings is 1. The van der Waals surface area contributed by atoms with Gasteiger partial charge in [0.25, 0.3) is 0 Å². The van der Waals surface area contributed by atoms with E-state index in [9.17, 15) is 14.7 Å². The Morgan fingerprint density at radius 2 is 2.21 bits per heavy atom. The fraction of sp³-hybridized carbons (Fsp3) is 0.545. The Balaban J connectivity index is 1.70. The van der Waals surface area contributed by atoms with Crippen LogP contribution in [0.3, 0.4) is 0 Å². The van der Waals surface area contributed by atoms with E-state index in [1.807, 2.05) is 6.07 Å². The van der Waals surface area contributed by atoms with Crippen molar-refractivity contribution < 1.29 is 24.2 Å². The summed E-state index contributed by atoms with van der Waals surface area (Å²) in [4.78, 5) is 28.3. The molecule has 1 spiro atoms. The summed E-state index contributed by atoms with van der Waals surface area (Å²) in [5, 5.41) is 13.7. The number of phenols is 1. The standard InChI is InChI=1S/C22H28N2O5/c1-4-13-11-24-9-8-22(20(26)19-16(23-22)6-5-7-17(19)25)18(24)10-14(13)15(12-28-2)21(27)29-3/h5-7,12-14,18,23,25H,4,8-11H2,1-3H3/b15-12+/t13-,14+,18+,22+/m1/s1. The third kappa shape index (κ3) is 2.90. The molecule has 0 radical (unpaired) electrons. The van der Waals surface area contributed by atoms with E-state index in [2.05, 4.69) is 17.1 Å². The van der Waals surface area contributed by atoms with Crippen molar-refractivity contribution in [2.75, 3.05) is 32.6 Å². The number of ether oxygens (including phenoxy) is 2. The van der Waals surface area contributed by atoms with E-state index in [4.69, 9.17) is 9.47 Å². The van der Waals surface area contributed by atoms with Gasteiger partial charge in [0.1, 0.15) is 11.3 Å². The number of hydrogen-bond acceptors (Lipinski definition) is 7. The monoisotopic (exact) mass is 400 g/mol. The number of anilines is 1. The molecule has 1 aromatic carbocycles. The zero-order valence-corrected chi connectivity index (χ0v) is 17.1. The molecule has 2 fully saturated rings. The largest absolute Gasteiger partial charge is 0.507 e. The molecule has 29 heavy (non-hydrogen) atoms. The fourth-order valence-electron chi connectivity index (χ4n) is 5.52. The summed E-state index contributed by atoms with van der Waals surface area (Å²) in [5.41, 5.74) is 0.817. The van der Waals surface area contributed by atoms with Gasteiger partial charge in [-0.25, -0.2) is 4.79 Å². The topological polar surface area (TPSA) is 88.1 Å². The maximum absolute atomic E-state index is 13.5. The Morgan fingerprint density at radius 3 is 2.86 bits per heavy atom. The van der Waals surface area contributed by atoms with E-state index < -0.39 is 5.54 Å². The number of phenolic OH excluding ortho intramolecular Hbond substituents is 1. The molecule has 0 aromatic heterocycles. The molecule has 7 nitrogen and oxygen atoms in total. The highest BCUT2D eigenvalue weighted by Crippen LogP contribution is 2.50. The molecular formula is C22H28N2O5. The summed E-state index contributed by atoms with van der Waals surface area (Å²) in [5.74, 6) is -0.210. The first-order valence-electron chi connectivity index (χ1n) is 10.2. The summed E-state index contributed by atoms with van der Waals surface area (Å²) in [6.07, 6.45) is 3.73. The van der Waals surface area contributed by atoms with Gasteiger partial charge in [-0.2, -0.15) is 0 Å². The van der Waals surface area contributed by atoms with Crippen LogP contribution in [0.2, 0.25) is 0 Å². The molecule has 0 unspecified atom stereocenters. The van der Waals surface area contributed by atoms with Crippen molar-refractivity contribution in [3.05, 3.63) is 35.6 Å². The molecule has 0 bridgehead atoms. The Labute approximate surface area is 170 Å². The maximum Gasteiger partial charge on any atom is 0.337 e. The lowest BCUT2D eigenvalue weighted by Gasteiger charge is -2.45. The lowest BCUT2D eigenvalue weighted by atomic mass is 9.72. The van der Waals surface area contributed by atoms with Crippen molar-refractivity contribution in [3.8, 4) is 5.75 Å². The smallest absolute Gasteiger partial charge is 0.337 e. The first-order valence-corrected chi connectivity index (χ1v) is 10.2. The van der Waals surface area contributed by atoms with E-state index >= 15 is 0 Å². The summed E-state index contributed by atoms with van der Waals surface area (Å²) in [6, 6.07) is 5.06. The minimum atomic E-state index is -0.771. The van der Waals surface area contributed by atoms with Crippen LogP contribution >= 0.6 is 0 Å². The van der Waals surface area contributed by atoms with Crippen LogP contribution in [0.25, 0.3) is 0 Å². The molecule has 156 valence electrons.